The molecule has 0 fully saturated rings. The van der Waals surface area contributed by atoms with Crippen molar-refractivity contribution < 1.29 is 4.21 Å². The van der Waals surface area contributed by atoms with Gasteiger partial charge in [0.1, 0.15) is 0 Å². The lowest BCUT2D eigenvalue weighted by molar-refractivity contribution is 0.479. The average molecular weight is 343 g/mol. The average Bonchev–Trinajstić information content (AvgIpc) is 2.61. The van der Waals surface area contributed by atoms with E-state index in [1.54, 1.807) is 7.05 Å². The van der Waals surface area contributed by atoms with Crippen molar-refractivity contribution in [2.45, 2.75) is 18.4 Å². The Morgan fingerprint density at radius 2 is 1.79 bits per heavy atom. The number of benzene rings is 2. The fraction of sp³-hybridized carbons (Fsp3) is 0.316. The van der Waals surface area contributed by atoms with Gasteiger partial charge in [0.2, 0.25) is 0 Å². The first kappa shape index (κ1) is 18.2. The Labute approximate surface area is 147 Å². The zero-order chi connectivity index (χ0) is 17.4. The number of nitrogens with one attached hydrogen (secondary N) is 1. The first-order valence-electron chi connectivity index (χ1n) is 8.01. The molecule has 0 aliphatic rings. The Balaban J connectivity index is 1.83. The number of rotatable bonds is 6. The summed E-state index contributed by atoms with van der Waals surface area (Å²) in [5, 5.41) is 3.28. The maximum atomic E-state index is 12.2. The summed E-state index contributed by atoms with van der Waals surface area (Å²) >= 11 is 0. The quantitative estimate of drug-likeness (QED) is 0.648. The molecule has 0 aromatic heterocycles. The van der Waals surface area contributed by atoms with E-state index < -0.39 is 10.8 Å². The van der Waals surface area contributed by atoms with Crippen LogP contribution in [0.5, 0.6) is 0 Å². The summed E-state index contributed by atoms with van der Waals surface area (Å²) in [5.41, 5.74) is 2.49. The van der Waals surface area contributed by atoms with Crippen LogP contribution in [0.3, 0.4) is 0 Å². The summed E-state index contributed by atoms with van der Waals surface area (Å²) in [4.78, 5) is 7.23. The summed E-state index contributed by atoms with van der Waals surface area (Å²) < 4.78 is 12.2. The van der Waals surface area contributed by atoms with Crippen molar-refractivity contribution in [2.75, 3.05) is 26.4 Å². The van der Waals surface area contributed by atoms with Gasteiger partial charge in [-0.15, -0.1) is 0 Å². The summed E-state index contributed by atoms with van der Waals surface area (Å²) in [7, 11) is 2.78. The molecule has 0 amide bonds. The Morgan fingerprint density at radius 3 is 2.42 bits per heavy atom. The molecule has 128 valence electrons. The predicted octanol–water partition coefficient (Wildman–Crippen LogP) is 2.81. The fourth-order valence-corrected chi connectivity index (χ4v) is 3.36. The van der Waals surface area contributed by atoms with Gasteiger partial charge in [0.25, 0.3) is 0 Å². The van der Waals surface area contributed by atoms with Crippen LogP contribution in [-0.4, -0.2) is 41.5 Å². The van der Waals surface area contributed by atoms with Crippen LogP contribution in [0.25, 0.3) is 0 Å². The van der Waals surface area contributed by atoms with Crippen LogP contribution in [0.2, 0.25) is 0 Å². The molecule has 0 aliphatic heterocycles. The van der Waals surface area contributed by atoms with E-state index in [0.717, 1.165) is 17.4 Å². The Kier molecular flexibility index (Phi) is 7.00. The lowest BCUT2D eigenvalue weighted by Crippen LogP contribution is -2.40. The summed E-state index contributed by atoms with van der Waals surface area (Å²) in [5.74, 6) is 1.36. The molecule has 2 aromatic rings. The topological polar surface area (TPSA) is 44.7 Å². The maximum absolute atomic E-state index is 12.2. The minimum absolute atomic E-state index is 0.557. The second-order valence-electron chi connectivity index (χ2n) is 5.68. The van der Waals surface area contributed by atoms with E-state index in [1.165, 1.54) is 11.1 Å². The minimum Gasteiger partial charge on any atom is -0.355 e. The molecule has 2 rings (SSSR count). The second kappa shape index (κ2) is 9.23. The molecule has 4 nitrogen and oxygen atoms in total. The highest BCUT2D eigenvalue weighted by molar-refractivity contribution is 7.85. The van der Waals surface area contributed by atoms with Crippen molar-refractivity contribution in [3.63, 3.8) is 0 Å². The third kappa shape index (κ3) is 5.49. The van der Waals surface area contributed by atoms with Crippen LogP contribution in [0, 0.1) is 6.92 Å². The van der Waals surface area contributed by atoms with Crippen molar-refractivity contribution in [3.8, 4) is 0 Å². The van der Waals surface area contributed by atoms with E-state index in [-0.39, 0.29) is 0 Å². The summed E-state index contributed by atoms with van der Waals surface area (Å²) in [6, 6.07) is 18.0. The molecule has 0 saturated heterocycles. The van der Waals surface area contributed by atoms with Gasteiger partial charge in [0, 0.05) is 37.8 Å². The largest absolute Gasteiger partial charge is 0.355 e. The van der Waals surface area contributed by atoms with Gasteiger partial charge >= 0.3 is 0 Å². The Bertz CT molecular complexity index is 684. The molecular weight excluding hydrogens is 318 g/mol. The molecular formula is C19H25N3OS. The smallest absolute Gasteiger partial charge is 0.193 e. The third-order valence-electron chi connectivity index (χ3n) is 3.69. The molecule has 1 N–H and O–H groups in total. The van der Waals surface area contributed by atoms with Gasteiger partial charge in [-0.3, -0.25) is 9.20 Å². The van der Waals surface area contributed by atoms with Gasteiger partial charge in [-0.25, -0.2) is 0 Å². The highest BCUT2D eigenvalue weighted by atomic mass is 32.2. The second-order valence-corrected chi connectivity index (χ2v) is 7.25. The number of aryl methyl sites for hydroxylation is 1. The first-order chi connectivity index (χ1) is 11.6. The highest BCUT2D eigenvalue weighted by Gasteiger charge is 2.08. The van der Waals surface area contributed by atoms with Crippen molar-refractivity contribution in [2.24, 2.45) is 4.99 Å². The van der Waals surface area contributed by atoms with Crippen LogP contribution in [0.1, 0.15) is 11.1 Å². The van der Waals surface area contributed by atoms with Crippen molar-refractivity contribution >= 4 is 16.8 Å². The van der Waals surface area contributed by atoms with Gasteiger partial charge in [0.05, 0.1) is 10.8 Å². The Hall–Kier alpha value is -2.14. The van der Waals surface area contributed by atoms with Crippen LogP contribution < -0.4 is 5.32 Å². The molecule has 1 atom stereocenters. The normalized spacial score (nSPS) is 12.7. The minimum atomic E-state index is -0.992. The van der Waals surface area contributed by atoms with E-state index in [9.17, 15) is 4.21 Å². The SMILES string of the molecule is CN=C(NCCS(=O)c1ccccc1)N(C)Cc1ccc(C)cc1. The molecule has 5 heteroatoms. The van der Waals surface area contributed by atoms with Crippen LogP contribution in [0.4, 0.5) is 0 Å². The maximum Gasteiger partial charge on any atom is 0.193 e. The molecule has 0 bridgehead atoms. The molecule has 0 radical (unpaired) electrons. The third-order valence-corrected chi connectivity index (χ3v) is 5.06. The van der Waals surface area contributed by atoms with Crippen molar-refractivity contribution in [1.82, 2.24) is 10.2 Å². The first-order valence-corrected chi connectivity index (χ1v) is 9.33. The molecule has 1 unspecified atom stereocenters. The predicted molar refractivity (Wildman–Crippen MR) is 102 cm³/mol. The zero-order valence-electron chi connectivity index (χ0n) is 14.5. The molecule has 0 spiro atoms. The summed E-state index contributed by atoms with van der Waals surface area (Å²) in [6.07, 6.45) is 0. The number of guanidine groups is 1. The molecule has 24 heavy (non-hydrogen) atoms. The zero-order valence-corrected chi connectivity index (χ0v) is 15.3. The highest BCUT2D eigenvalue weighted by Crippen LogP contribution is 2.07. The van der Waals surface area contributed by atoms with Crippen LogP contribution in [-0.2, 0) is 17.3 Å². The number of hydrogen-bond acceptors (Lipinski definition) is 2. The monoisotopic (exact) mass is 343 g/mol. The van der Waals surface area contributed by atoms with E-state index in [0.29, 0.717) is 12.3 Å². The van der Waals surface area contributed by atoms with Crippen molar-refractivity contribution in [3.05, 3.63) is 65.7 Å². The number of hydrogen-bond donors (Lipinski definition) is 1. The molecule has 0 heterocycles. The van der Waals surface area contributed by atoms with Crippen LogP contribution in [0.15, 0.2) is 64.5 Å². The van der Waals surface area contributed by atoms with Crippen molar-refractivity contribution in [1.29, 1.82) is 0 Å². The van der Waals surface area contributed by atoms with Gasteiger partial charge in [-0.1, -0.05) is 48.0 Å². The van der Waals surface area contributed by atoms with E-state index in [4.69, 9.17) is 0 Å². The molecule has 0 aliphatic carbocycles. The molecule has 2 aromatic carbocycles. The molecule has 0 saturated carbocycles. The standard InChI is InChI=1S/C19H25N3OS/c1-16-9-11-17(12-10-16)15-22(3)19(20-2)21-13-14-24(23)18-7-5-4-6-8-18/h4-12H,13-15H2,1-3H3,(H,20,21). The van der Waals surface area contributed by atoms with Crippen LogP contribution >= 0.6 is 0 Å². The van der Waals surface area contributed by atoms with E-state index >= 15 is 0 Å². The lowest BCUT2D eigenvalue weighted by Gasteiger charge is -2.22. The number of nitrogens with zero attached hydrogens (tertiary/aromatic N) is 2. The van der Waals surface area contributed by atoms with E-state index in [2.05, 4.69) is 46.4 Å². The fourth-order valence-electron chi connectivity index (χ4n) is 2.37. The Morgan fingerprint density at radius 1 is 1.12 bits per heavy atom. The lowest BCUT2D eigenvalue weighted by atomic mass is 10.1. The van der Waals surface area contributed by atoms with Gasteiger partial charge in [-0.2, -0.15) is 0 Å². The summed E-state index contributed by atoms with van der Waals surface area (Å²) in [6.45, 7) is 3.48. The van der Waals surface area contributed by atoms with Gasteiger partial charge in [0.15, 0.2) is 5.96 Å². The van der Waals surface area contributed by atoms with E-state index in [1.807, 2.05) is 37.4 Å². The van der Waals surface area contributed by atoms with Gasteiger partial charge in [-0.05, 0) is 24.6 Å². The van der Waals surface area contributed by atoms with Gasteiger partial charge < -0.3 is 10.2 Å². The number of aliphatic imine (C=N–C) groups is 1.